The van der Waals surface area contributed by atoms with Crippen molar-refractivity contribution < 1.29 is 4.79 Å². The quantitative estimate of drug-likeness (QED) is 0.776. The zero-order valence-corrected chi connectivity index (χ0v) is 15.6. The molecule has 1 aliphatic heterocycles. The third-order valence-corrected chi connectivity index (χ3v) is 4.99. The van der Waals surface area contributed by atoms with Crippen LogP contribution in [0.1, 0.15) is 47.7 Å². The molecule has 0 bridgehead atoms. The van der Waals surface area contributed by atoms with Gasteiger partial charge in [-0.15, -0.1) is 0 Å². The highest BCUT2D eigenvalue weighted by molar-refractivity contribution is 6.37. The van der Waals surface area contributed by atoms with Gasteiger partial charge in [0.25, 0.3) is 5.56 Å². The standard InChI is InChI=1S/C19H20Cl2N2O2/c1-2-3-5-12-10-16(24)23-9-4-8-22-19(23)17(12)18(25)14-7-6-13(20)11-15(14)21/h6-7,10-11,22H,2-5,8-9H2,1H3. The first-order valence-corrected chi connectivity index (χ1v) is 9.29. The van der Waals surface area contributed by atoms with Gasteiger partial charge in [-0.1, -0.05) is 36.5 Å². The molecule has 0 spiro atoms. The van der Waals surface area contributed by atoms with Crippen LogP contribution in [0.15, 0.2) is 29.1 Å². The van der Waals surface area contributed by atoms with Crippen LogP contribution in [-0.4, -0.2) is 16.9 Å². The van der Waals surface area contributed by atoms with E-state index in [2.05, 4.69) is 12.2 Å². The van der Waals surface area contributed by atoms with Gasteiger partial charge >= 0.3 is 0 Å². The van der Waals surface area contributed by atoms with Gasteiger partial charge in [-0.3, -0.25) is 14.2 Å². The summed E-state index contributed by atoms with van der Waals surface area (Å²) in [4.78, 5) is 25.7. The molecule has 2 aromatic rings. The van der Waals surface area contributed by atoms with Gasteiger partial charge < -0.3 is 5.32 Å². The Balaban J connectivity index is 2.18. The molecule has 0 amide bonds. The second kappa shape index (κ2) is 7.63. The molecule has 1 aromatic heterocycles. The molecule has 0 fully saturated rings. The maximum atomic E-state index is 13.3. The average Bonchev–Trinajstić information content (AvgIpc) is 2.59. The molecule has 1 aliphatic rings. The van der Waals surface area contributed by atoms with Crippen molar-refractivity contribution in [1.29, 1.82) is 0 Å². The second-order valence-electron chi connectivity index (χ2n) is 6.22. The summed E-state index contributed by atoms with van der Waals surface area (Å²) in [5, 5.41) is 4.05. The van der Waals surface area contributed by atoms with E-state index in [9.17, 15) is 9.59 Å². The van der Waals surface area contributed by atoms with Gasteiger partial charge in [-0.2, -0.15) is 0 Å². The molecule has 3 rings (SSSR count). The molecule has 0 aliphatic carbocycles. The Bertz CT molecular complexity index is 874. The summed E-state index contributed by atoms with van der Waals surface area (Å²) in [6.45, 7) is 3.44. The van der Waals surface area contributed by atoms with Crippen molar-refractivity contribution in [2.75, 3.05) is 11.9 Å². The molecule has 0 saturated carbocycles. The van der Waals surface area contributed by atoms with Crippen molar-refractivity contribution in [3.8, 4) is 0 Å². The number of unbranched alkanes of at least 4 members (excludes halogenated alkanes) is 1. The van der Waals surface area contributed by atoms with Crippen molar-refractivity contribution in [2.45, 2.75) is 39.2 Å². The van der Waals surface area contributed by atoms with Crippen LogP contribution in [0.5, 0.6) is 0 Å². The van der Waals surface area contributed by atoms with Crippen LogP contribution in [0.25, 0.3) is 0 Å². The van der Waals surface area contributed by atoms with E-state index in [4.69, 9.17) is 23.2 Å². The summed E-state index contributed by atoms with van der Waals surface area (Å²) in [7, 11) is 0. The molecule has 1 N–H and O–H groups in total. The molecule has 0 radical (unpaired) electrons. The van der Waals surface area contributed by atoms with E-state index < -0.39 is 0 Å². The predicted molar refractivity (Wildman–Crippen MR) is 102 cm³/mol. The lowest BCUT2D eigenvalue weighted by Crippen LogP contribution is -2.32. The number of aromatic nitrogens is 1. The fourth-order valence-corrected chi connectivity index (χ4v) is 3.67. The van der Waals surface area contributed by atoms with Crippen molar-refractivity contribution >= 4 is 34.8 Å². The smallest absolute Gasteiger partial charge is 0.252 e. The fourth-order valence-electron chi connectivity index (χ4n) is 3.17. The highest BCUT2D eigenvalue weighted by Crippen LogP contribution is 2.29. The summed E-state index contributed by atoms with van der Waals surface area (Å²) >= 11 is 12.2. The van der Waals surface area contributed by atoms with Gasteiger partial charge in [0, 0.05) is 29.7 Å². The normalized spacial score (nSPS) is 13.2. The third kappa shape index (κ3) is 3.60. The fraction of sp³-hybridized carbons (Fsp3) is 0.368. The highest BCUT2D eigenvalue weighted by atomic mass is 35.5. The Kier molecular flexibility index (Phi) is 5.50. The first-order valence-electron chi connectivity index (χ1n) is 8.53. The van der Waals surface area contributed by atoms with Crippen LogP contribution < -0.4 is 10.9 Å². The van der Waals surface area contributed by atoms with Gasteiger partial charge in [0.15, 0.2) is 5.78 Å². The molecule has 0 atom stereocenters. The minimum absolute atomic E-state index is 0.0629. The van der Waals surface area contributed by atoms with Crippen LogP contribution in [0.3, 0.4) is 0 Å². The minimum Gasteiger partial charge on any atom is -0.371 e. The summed E-state index contributed by atoms with van der Waals surface area (Å²) in [6.07, 6.45) is 3.45. The van der Waals surface area contributed by atoms with Crippen molar-refractivity contribution in [1.82, 2.24) is 4.57 Å². The summed E-state index contributed by atoms with van der Waals surface area (Å²) < 4.78 is 1.65. The van der Waals surface area contributed by atoms with Gasteiger partial charge in [-0.05, 0) is 43.0 Å². The number of hydrogen-bond acceptors (Lipinski definition) is 3. The van der Waals surface area contributed by atoms with E-state index in [1.165, 1.54) is 0 Å². The number of pyridine rings is 1. The Morgan fingerprint density at radius 3 is 2.80 bits per heavy atom. The van der Waals surface area contributed by atoms with Gasteiger partial charge in [-0.25, -0.2) is 0 Å². The largest absolute Gasteiger partial charge is 0.371 e. The Hall–Kier alpha value is -1.78. The summed E-state index contributed by atoms with van der Waals surface area (Å²) in [5.74, 6) is 0.437. The second-order valence-corrected chi connectivity index (χ2v) is 7.06. The lowest BCUT2D eigenvalue weighted by molar-refractivity contribution is 0.103. The number of nitrogens with zero attached hydrogens (tertiary/aromatic N) is 1. The zero-order valence-electron chi connectivity index (χ0n) is 14.1. The lowest BCUT2D eigenvalue weighted by atomic mass is 9.95. The number of rotatable bonds is 5. The number of hydrogen-bond donors (Lipinski definition) is 1. The molecule has 0 unspecified atom stereocenters. The number of fused-ring (bicyclic) bond motifs is 1. The topological polar surface area (TPSA) is 51.1 Å². The molecule has 6 heteroatoms. The molecule has 4 nitrogen and oxygen atoms in total. The van der Waals surface area contributed by atoms with Gasteiger partial charge in [0.05, 0.1) is 10.6 Å². The Morgan fingerprint density at radius 1 is 1.28 bits per heavy atom. The first-order chi connectivity index (χ1) is 12.0. The van der Waals surface area contributed by atoms with Crippen molar-refractivity contribution in [2.24, 2.45) is 0 Å². The monoisotopic (exact) mass is 378 g/mol. The SMILES string of the molecule is CCCCc1cc(=O)n2c(c1C(=O)c1ccc(Cl)cc1Cl)NCCC2. The maximum Gasteiger partial charge on any atom is 0.252 e. The van der Waals surface area contributed by atoms with E-state index in [0.29, 0.717) is 40.0 Å². The average molecular weight is 379 g/mol. The van der Waals surface area contributed by atoms with Crippen LogP contribution in [0, 0.1) is 0 Å². The van der Waals surface area contributed by atoms with E-state index >= 15 is 0 Å². The number of carbonyl (C=O) groups is 1. The molecule has 25 heavy (non-hydrogen) atoms. The molecular weight excluding hydrogens is 359 g/mol. The lowest BCUT2D eigenvalue weighted by Gasteiger charge is -2.24. The van der Waals surface area contributed by atoms with E-state index in [1.807, 2.05) is 0 Å². The number of carbonyl (C=O) groups excluding carboxylic acids is 1. The molecular formula is C19H20Cl2N2O2. The maximum absolute atomic E-state index is 13.3. The van der Waals surface area contributed by atoms with Gasteiger partial charge in [0.1, 0.15) is 5.82 Å². The van der Waals surface area contributed by atoms with Crippen LogP contribution >= 0.6 is 23.2 Å². The number of halogens is 2. The number of benzene rings is 1. The summed E-state index contributed by atoms with van der Waals surface area (Å²) in [5.41, 5.74) is 1.67. The number of nitrogens with one attached hydrogen (secondary N) is 1. The molecule has 1 aromatic carbocycles. The van der Waals surface area contributed by atoms with Crippen LogP contribution in [0.2, 0.25) is 10.0 Å². The molecule has 2 heterocycles. The van der Waals surface area contributed by atoms with E-state index in [0.717, 1.165) is 31.4 Å². The first kappa shape index (κ1) is 18.0. The van der Waals surface area contributed by atoms with E-state index in [1.54, 1.807) is 28.8 Å². The highest BCUT2D eigenvalue weighted by Gasteiger charge is 2.25. The van der Waals surface area contributed by atoms with Crippen LogP contribution in [-0.2, 0) is 13.0 Å². The Morgan fingerprint density at radius 2 is 2.08 bits per heavy atom. The van der Waals surface area contributed by atoms with Crippen molar-refractivity contribution in [3.05, 3.63) is 61.4 Å². The van der Waals surface area contributed by atoms with Crippen LogP contribution in [0.4, 0.5) is 5.82 Å². The van der Waals surface area contributed by atoms with Gasteiger partial charge in [0.2, 0.25) is 0 Å². The number of anilines is 1. The van der Waals surface area contributed by atoms with E-state index in [-0.39, 0.29) is 11.3 Å². The summed E-state index contributed by atoms with van der Waals surface area (Å²) in [6, 6.07) is 6.46. The molecule has 132 valence electrons. The minimum atomic E-state index is -0.175. The molecule has 0 saturated heterocycles. The Labute approximate surface area is 156 Å². The predicted octanol–water partition coefficient (Wildman–Crippen LogP) is 4.54. The third-order valence-electron chi connectivity index (χ3n) is 4.45. The number of ketones is 1. The zero-order chi connectivity index (χ0) is 18.0. The number of aryl methyl sites for hydroxylation is 1. The van der Waals surface area contributed by atoms with Crippen molar-refractivity contribution in [3.63, 3.8) is 0 Å².